The number of benzene rings is 2. The van der Waals surface area contributed by atoms with Gasteiger partial charge in [0, 0.05) is 17.5 Å². The maximum atomic E-state index is 13.4. The first-order valence-electron chi connectivity index (χ1n) is 9.13. The van der Waals surface area contributed by atoms with Crippen LogP contribution in [0.2, 0.25) is 0 Å². The third-order valence-electron chi connectivity index (χ3n) is 5.26. The number of thiazole rings is 1. The molecule has 0 aliphatic carbocycles. The van der Waals surface area contributed by atoms with Crippen molar-refractivity contribution in [2.24, 2.45) is 0 Å². The quantitative estimate of drug-likeness (QED) is 0.724. The highest BCUT2D eigenvalue weighted by Gasteiger charge is 2.42. The Morgan fingerprint density at radius 2 is 1.75 bits per heavy atom. The Labute approximate surface area is 168 Å². The van der Waals surface area contributed by atoms with Gasteiger partial charge in [-0.3, -0.25) is 9.59 Å². The summed E-state index contributed by atoms with van der Waals surface area (Å²) in [5, 5.41) is 3.57. The van der Waals surface area contributed by atoms with Crippen LogP contribution in [-0.2, 0) is 4.79 Å². The Hall–Kier alpha value is -2.99. The Kier molecular flexibility index (Phi) is 4.73. The van der Waals surface area contributed by atoms with Gasteiger partial charge in [-0.25, -0.2) is 4.98 Å². The third-order valence-corrected chi connectivity index (χ3v) is 6.25. The van der Waals surface area contributed by atoms with Gasteiger partial charge in [0.1, 0.15) is 0 Å². The lowest BCUT2D eigenvalue weighted by Crippen LogP contribution is -2.44. The van der Waals surface area contributed by atoms with Gasteiger partial charge in [-0.2, -0.15) is 0 Å². The van der Waals surface area contributed by atoms with Crippen molar-refractivity contribution in [3.05, 3.63) is 81.9 Å². The summed E-state index contributed by atoms with van der Waals surface area (Å²) in [6.07, 6.45) is 0. The molecule has 0 bridgehead atoms. The van der Waals surface area contributed by atoms with Crippen molar-refractivity contribution in [3.8, 4) is 0 Å². The van der Waals surface area contributed by atoms with E-state index in [2.05, 4.69) is 10.3 Å². The van der Waals surface area contributed by atoms with Gasteiger partial charge >= 0.3 is 0 Å². The van der Waals surface area contributed by atoms with Gasteiger partial charge in [0.25, 0.3) is 5.91 Å². The van der Waals surface area contributed by atoms with E-state index >= 15 is 0 Å². The normalized spacial score (nSPS) is 18.7. The maximum Gasteiger partial charge on any atom is 0.254 e. The molecule has 5 nitrogen and oxygen atoms in total. The number of likely N-dealkylation sites (N-methyl/N-ethyl adjacent to an activating group) is 1. The first kappa shape index (κ1) is 18.4. The van der Waals surface area contributed by atoms with Gasteiger partial charge in [-0.1, -0.05) is 48.5 Å². The number of amides is 2. The molecule has 2 amide bonds. The Balaban J connectivity index is 1.80. The summed E-state index contributed by atoms with van der Waals surface area (Å²) >= 11 is 1.46. The number of aryl methyl sites for hydroxylation is 2. The van der Waals surface area contributed by atoms with Crippen LogP contribution in [0.15, 0.2) is 54.6 Å². The van der Waals surface area contributed by atoms with E-state index in [1.807, 2.05) is 62.4 Å². The molecule has 0 saturated heterocycles. The van der Waals surface area contributed by atoms with Crippen LogP contribution < -0.4 is 5.32 Å². The highest BCUT2D eigenvalue weighted by molar-refractivity contribution is 7.15. The molecular weight excluding hydrogens is 370 g/mol. The van der Waals surface area contributed by atoms with E-state index in [0.717, 1.165) is 21.7 Å². The van der Waals surface area contributed by atoms with Gasteiger partial charge in [0.2, 0.25) is 5.91 Å². The summed E-state index contributed by atoms with van der Waals surface area (Å²) in [5.41, 5.74) is 3.17. The number of nitrogens with zero attached hydrogens (tertiary/aromatic N) is 2. The van der Waals surface area contributed by atoms with Crippen molar-refractivity contribution in [2.75, 3.05) is 12.4 Å². The van der Waals surface area contributed by atoms with E-state index in [1.165, 1.54) is 11.3 Å². The number of nitrogens with one attached hydrogen (secondary N) is 1. The van der Waals surface area contributed by atoms with E-state index in [0.29, 0.717) is 10.7 Å². The highest BCUT2D eigenvalue weighted by Crippen LogP contribution is 2.42. The molecule has 0 radical (unpaired) electrons. The molecule has 1 aliphatic rings. The summed E-state index contributed by atoms with van der Waals surface area (Å²) in [5.74, 6) is -0.755. The summed E-state index contributed by atoms with van der Waals surface area (Å²) in [6.45, 7) is 3.91. The fourth-order valence-corrected chi connectivity index (χ4v) is 4.55. The van der Waals surface area contributed by atoms with Crippen molar-refractivity contribution in [1.82, 2.24) is 9.88 Å². The predicted molar refractivity (Wildman–Crippen MR) is 111 cm³/mol. The summed E-state index contributed by atoms with van der Waals surface area (Å²) in [6, 6.07) is 16.7. The standard InChI is InChI=1S/C22H21N3O2S/c1-13-14(2)28-22(23-13)24-20(26)18-16-11-7-8-12-17(16)21(27)25(3)19(18)15-9-5-4-6-10-15/h4-12,18-19H,1-3H3,(H,23,24,26). The second-order valence-electron chi connectivity index (χ2n) is 6.99. The van der Waals surface area contributed by atoms with Gasteiger partial charge in [0.15, 0.2) is 5.13 Å². The average molecular weight is 391 g/mol. The lowest BCUT2D eigenvalue weighted by molar-refractivity contribution is -0.119. The first-order chi connectivity index (χ1) is 13.5. The zero-order chi connectivity index (χ0) is 19.8. The molecule has 2 atom stereocenters. The van der Waals surface area contributed by atoms with Crippen LogP contribution in [0.1, 0.15) is 44.0 Å². The lowest BCUT2D eigenvalue weighted by Gasteiger charge is -2.39. The number of carbonyl (C=O) groups excluding carboxylic acids is 2. The molecule has 142 valence electrons. The van der Waals surface area contributed by atoms with Crippen molar-refractivity contribution < 1.29 is 9.59 Å². The monoisotopic (exact) mass is 391 g/mol. The number of hydrogen-bond acceptors (Lipinski definition) is 4. The molecule has 4 rings (SSSR count). The second-order valence-corrected chi connectivity index (χ2v) is 8.19. The van der Waals surface area contributed by atoms with Crippen molar-refractivity contribution >= 4 is 28.3 Å². The molecule has 0 spiro atoms. The molecule has 3 aromatic rings. The third kappa shape index (κ3) is 3.10. The SMILES string of the molecule is Cc1nc(NC(=O)C2c3ccccc3C(=O)N(C)C2c2ccccc2)sc1C. The molecule has 1 aliphatic heterocycles. The Bertz CT molecular complexity index is 1030. The zero-order valence-corrected chi connectivity index (χ0v) is 16.8. The number of anilines is 1. The van der Waals surface area contributed by atoms with E-state index in [9.17, 15) is 9.59 Å². The minimum atomic E-state index is -0.522. The van der Waals surface area contributed by atoms with Crippen LogP contribution in [0, 0.1) is 13.8 Å². The van der Waals surface area contributed by atoms with E-state index in [4.69, 9.17) is 0 Å². The van der Waals surface area contributed by atoms with Crippen LogP contribution in [0.25, 0.3) is 0 Å². The molecule has 28 heavy (non-hydrogen) atoms. The maximum absolute atomic E-state index is 13.4. The van der Waals surface area contributed by atoms with Crippen LogP contribution in [0.3, 0.4) is 0 Å². The number of hydrogen-bond donors (Lipinski definition) is 1. The summed E-state index contributed by atoms with van der Waals surface area (Å²) in [4.78, 5) is 33.5. The number of aromatic nitrogens is 1. The average Bonchev–Trinajstić information content (AvgIpc) is 3.02. The lowest BCUT2D eigenvalue weighted by atomic mass is 9.79. The molecule has 1 aromatic heterocycles. The molecule has 0 fully saturated rings. The molecule has 1 N–H and O–H groups in total. The molecule has 6 heteroatoms. The van der Waals surface area contributed by atoms with E-state index in [1.54, 1.807) is 18.0 Å². The molecular formula is C22H21N3O2S. The van der Waals surface area contributed by atoms with Crippen LogP contribution in [0.4, 0.5) is 5.13 Å². The number of fused-ring (bicyclic) bond motifs is 1. The Morgan fingerprint density at radius 1 is 1.07 bits per heavy atom. The summed E-state index contributed by atoms with van der Waals surface area (Å²) in [7, 11) is 1.76. The van der Waals surface area contributed by atoms with E-state index < -0.39 is 5.92 Å². The van der Waals surface area contributed by atoms with Crippen LogP contribution in [-0.4, -0.2) is 28.7 Å². The fourth-order valence-electron chi connectivity index (χ4n) is 3.73. The smallest absolute Gasteiger partial charge is 0.254 e. The van der Waals surface area contributed by atoms with Crippen molar-refractivity contribution in [2.45, 2.75) is 25.8 Å². The minimum Gasteiger partial charge on any atom is -0.334 e. The molecule has 2 unspecified atom stereocenters. The van der Waals surface area contributed by atoms with Gasteiger partial charge in [-0.05, 0) is 31.0 Å². The Morgan fingerprint density at radius 3 is 2.43 bits per heavy atom. The fraction of sp³-hybridized carbons (Fsp3) is 0.227. The minimum absolute atomic E-state index is 0.0746. The first-order valence-corrected chi connectivity index (χ1v) is 9.95. The number of rotatable bonds is 3. The van der Waals surface area contributed by atoms with Crippen LogP contribution in [0.5, 0.6) is 0 Å². The topological polar surface area (TPSA) is 62.3 Å². The summed E-state index contributed by atoms with van der Waals surface area (Å²) < 4.78 is 0. The predicted octanol–water partition coefficient (Wildman–Crippen LogP) is 4.31. The van der Waals surface area contributed by atoms with Gasteiger partial charge in [-0.15, -0.1) is 11.3 Å². The highest BCUT2D eigenvalue weighted by atomic mass is 32.1. The second kappa shape index (κ2) is 7.20. The van der Waals surface area contributed by atoms with Crippen molar-refractivity contribution in [3.63, 3.8) is 0 Å². The van der Waals surface area contributed by atoms with Gasteiger partial charge < -0.3 is 10.2 Å². The van der Waals surface area contributed by atoms with E-state index in [-0.39, 0.29) is 17.9 Å². The van der Waals surface area contributed by atoms with Crippen LogP contribution >= 0.6 is 11.3 Å². The molecule has 0 saturated carbocycles. The largest absolute Gasteiger partial charge is 0.334 e. The molecule has 2 aromatic carbocycles. The van der Waals surface area contributed by atoms with Crippen molar-refractivity contribution in [1.29, 1.82) is 0 Å². The van der Waals surface area contributed by atoms with Gasteiger partial charge in [0.05, 0.1) is 17.7 Å². The molecule has 2 heterocycles. The number of carbonyl (C=O) groups is 2. The zero-order valence-electron chi connectivity index (χ0n) is 16.0.